The van der Waals surface area contributed by atoms with Gasteiger partial charge < -0.3 is 9.47 Å². The fraction of sp³-hybridized carbons (Fsp3) is 0.182. The van der Waals surface area contributed by atoms with Crippen LogP contribution in [0.15, 0.2) is 30.5 Å². The summed E-state index contributed by atoms with van der Waals surface area (Å²) in [6, 6.07) is 7.94. The van der Waals surface area contributed by atoms with Gasteiger partial charge in [-0.2, -0.15) is 5.10 Å². The van der Waals surface area contributed by atoms with Crippen LogP contribution in [0.1, 0.15) is 11.3 Å². The Bertz CT molecular complexity index is 465. The van der Waals surface area contributed by atoms with Gasteiger partial charge in [0.1, 0.15) is 0 Å². The van der Waals surface area contributed by atoms with Gasteiger partial charge in [0, 0.05) is 18.3 Å². The van der Waals surface area contributed by atoms with Gasteiger partial charge in [-0.05, 0) is 23.8 Å². The first-order chi connectivity index (χ1) is 7.42. The third kappa shape index (κ3) is 1.54. The van der Waals surface area contributed by atoms with Crippen molar-refractivity contribution < 1.29 is 9.47 Å². The van der Waals surface area contributed by atoms with Crippen molar-refractivity contribution in [2.45, 2.75) is 6.42 Å². The van der Waals surface area contributed by atoms with Gasteiger partial charge in [-0.15, -0.1) is 0 Å². The zero-order valence-electron chi connectivity index (χ0n) is 8.06. The molecule has 1 aromatic carbocycles. The Kier molecular flexibility index (Phi) is 1.84. The summed E-state index contributed by atoms with van der Waals surface area (Å²) < 4.78 is 10.6. The van der Waals surface area contributed by atoms with Crippen LogP contribution in [0, 0.1) is 0 Å². The van der Waals surface area contributed by atoms with Gasteiger partial charge >= 0.3 is 0 Å². The second-order valence-electron chi connectivity index (χ2n) is 3.45. The number of hydrogen-bond acceptors (Lipinski definition) is 3. The summed E-state index contributed by atoms with van der Waals surface area (Å²) in [5, 5.41) is 6.84. The molecule has 15 heavy (non-hydrogen) atoms. The van der Waals surface area contributed by atoms with E-state index in [9.17, 15) is 0 Å². The first-order valence-corrected chi connectivity index (χ1v) is 4.78. The molecule has 0 radical (unpaired) electrons. The summed E-state index contributed by atoms with van der Waals surface area (Å²) in [5.41, 5.74) is 2.28. The Morgan fingerprint density at radius 1 is 1.20 bits per heavy atom. The predicted molar refractivity (Wildman–Crippen MR) is 54.0 cm³/mol. The predicted octanol–water partition coefficient (Wildman–Crippen LogP) is 1.73. The number of benzene rings is 1. The van der Waals surface area contributed by atoms with E-state index in [1.165, 1.54) is 5.56 Å². The minimum atomic E-state index is 0.322. The molecule has 1 aliphatic rings. The van der Waals surface area contributed by atoms with E-state index in [2.05, 4.69) is 10.2 Å². The standard InChI is InChI=1S/C11H10N2O2/c1-2-10-11(15-7-14-10)6-8(1)5-9-3-4-12-13-9/h1-4,6H,5,7H2,(H,12,13). The molecule has 0 aliphatic carbocycles. The van der Waals surface area contributed by atoms with E-state index >= 15 is 0 Å². The van der Waals surface area contributed by atoms with Gasteiger partial charge in [0.15, 0.2) is 11.5 Å². The molecule has 0 unspecified atom stereocenters. The lowest BCUT2D eigenvalue weighted by Crippen LogP contribution is -1.93. The second kappa shape index (κ2) is 3.31. The highest BCUT2D eigenvalue weighted by molar-refractivity contribution is 5.45. The average Bonchev–Trinajstić information content (AvgIpc) is 2.87. The van der Waals surface area contributed by atoms with E-state index in [-0.39, 0.29) is 0 Å². The van der Waals surface area contributed by atoms with Crippen LogP contribution >= 0.6 is 0 Å². The SMILES string of the molecule is c1cc(Cc2ccc3c(c2)OCO3)[nH]n1. The first kappa shape index (κ1) is 8.35. The number of ether oxygens (including phenoxy) is 2. The monoisotopic (exact) mass is 202 g/mol. The van der Waals surface area contributed by atoms with Crippen molar-refractivity contribution in [3.05, 3.63) is 41.7 Å². The summed E-state index contributed by atoms with van der Waals surface area (Å²) in [6.45, 7) is 0.322. The molecule has 1 N–H and O–H groups in total. The lowest BCUT2D eigenvalue weighted by molar-refractivity contribution is 0.174. The summed E-state index contributed by atoms with van der Waals surface area (Å²) in [6.07, 6.45) is 2.58. The van der Waals surface area contributed by atoms with Crippen LogP contribution in [0.4, 0.5) is 0 Å². The summed E-state index contributed by atoms with van der Waals surface area (Å²) >= 11 is 0. The van der Waals surface area contributed by atoms with Crippen LogP contribution in [-0.2, 0) is 6.42 Å². The quantitative estimate of drug-likeness (QED) is 0.806. The van der Waals surface area contributed by atoms with Crippen molar-refractivity contribution in [1.29, 1.82) is 0 Å². The molecule has 0 saturated heterocycles. The molecule has 1 aliphatic heterocycles. The fourth-order valence-electron chi connectivity index (χ4n) is 1.65. The smallest absolute Gasteiger partial charge is 0.231 e. The van der Waals surface area contributed by atoms with Gasteiger partial charge in [0.2, 0.25) is 6.79 Å². The molecule has 2 aromatic rings. The highest BCUT2D eigenvalue weighted by Gasteiger charge is 2.13. The lowest BCUT2D eigenvalue weighted by atomic mass is 10.1. The van der Waals surface area contributed by atoms with Gasteiger partial charge in [-0.3, -0.25) is 5.10 Å². The van der Waals surface area contributed by atoms with Crippen molar-refractivity contribution in [2.24, 2.45) is 0 Å². The zero-order valence-corrected chi connectivity index (χ0v) is 8.06. The van der Waals surface area contributed by atoms with Gasteiger partial charge in [-0.25, -0.2) is 0 Å². The number of nitrogens with zero attached hydrogens (tertiary/aromatic N) is 1. The van der Waals surface area contributed by atoms with E-state index in [1.807, 2.05) is 24.3 Å². The Hall–Kier alpha value is -1.97. The van der Waals surface area contributed by atoms with Crippen LogP contribution < -0.4 is 9.47 Å². The molecular formula is C11H10N2O2. The maximum absolute atomic E-state index is 5.31. The number of hydrogen-bond donors (Lipinski definition) is 1. The molecule has 1 aromatic heterocycles. The molecule has 0 fully saturated rings. The van der Waals surface area contributed by atoms with E-state index in [0.29, 0.717) is 6.79 Å². The van der Waals surface area contributed by atoms with E-state index < -0.39 is 0 Å². The highest BCUT2D eigenvalue weighted by atomic mass is 16.7. The highest BCUT2D eigenvalue weighted by Crippen LogP contribution is 2.32. The number of nitrogens with one attached hydrogen (secondary N) is 1. The topological polar surface area (TPSA) is 47.1 Å². The molecule has 4 nitrogen and oxygen atoms in total. The van der Waals surface area contributed by atoms with E-state index in [0.717, 1.165) is 23.6 Å². The molecule has 0 spiro atoms. The largest absolute Gasteiger partial charge is 0.454 e. The molecule has 2 heterocycles. The van der Waals surface area contributed by atoms with Crippen molar-refractivity contribution in [3.63, 3.8) is 0 Å². The van der Waals surface area contributed by atoms with Gasteiger partial charge in [0.05, 0.1) is 0 Å². The van der Waals surface area contributed by atoms with Crippen molar-refractivity contribution in [1.82, 2.24) is 10.2 Å². The van der Waals surface area contributed by atoms with Crippen LogP contribution in [0.3, 0.4) is 0 Å². The minimum Gasteiger partial charge on any atom is -0.454 e. The third-order valence-corrected chi connectivity index (χ3v) is 2.39. The van der Waals surface area contributed by atoms with Crippen LogP contribution in [-0.4, -0.2) is 17.0 Å². The van der Waals surface area contributed by atoms with Crippen molar-refractivity contribution in [3.8, 4) is 11.5 Å². The average molecular weight is 202 g/mol. The van der Waals surface area contributed by atoms with Gasteiger partial charge in [-0.1, -0.05) is 6.07 Å². The summed E-state index contributed by atoms with van der Waals surface area (Å²) in [4.78, 5) is 0. The maximum Gasteiger partial charge on any atom is 0.231 e. The van der Waals surface area contributed by atoms with E-state index in [1.54, 1.807) is 6.20 Å². The van der Waals surface area contributed by atoms with Gasteiger partial charge in [0.25, 0.3) is 0 Å². The first-order valence-electron chi connectivity index (χ1n) is 4.78. The molecular weight excluding hydrogens is 192 g/mol. The summed E-state index contributed by atoms with van der Waals surface area (Å²) in [7, 11) is 0. The fourth-order valence-corrected chi connectivity index (χ4v) is 1.65. The minimum absolute atomic E-state index is 0.322. The normalized spacial score (nSPS) is 13.1. The summed E-state index contributed by atoms with van der Waals surface area (Å²) in [5.74, 6) is 1.65. The molecule has 0 saturated carbocycles. The van der Waals surface area contributed by atoms with Crippen molar-refractivity contribution >= 4 is 0 Å². The van der Waals surface area contributed by atoms with Crippen molar-refractivity contribution in [2.75, 3.05) is 6.79 Å². The number of H-pyrrole nitrogens is 1. The third-order valence-electron chi connectivity index (χ3n) is 2.39. The number of aromatic amines is 1. The molecule has 4 heteroatoms. The Morgan fingerprint density at radius 2 is 2.13 bits per heavy atom. The zero-order chi connectivity index (χ0) is 10.1. The van der Waals surface area contributed by atoms with Crippen LogP contribution in [0.5, 0.6) is 11.5 Å². The Labute approximate surface area is 86.8 Å². The molecule has 76 valence electrons. The second-order valence-corrected chi connectivity index (χ2v) is 3.45. The Morgan fingerprint density at radius 3 is 3.00 bits per heavy atom. The molecule has 3 rings (SSSR count). The molecule has 0 bridgehead atoms. The number of aromatic nitrogens is 2. The molecule has 0 amide bonds. The maximum atomic E-state index is 5.31. The van der Waals surface area contributed by atoms with Crippen LogP contribution in [0.25, 0.3) is 0 Å². The molecule has 0 atom stereocenters. The van der Waals surface area contributed by atoms with Crippen LogP contribution in [0.2, 0.25) is 0 Å². The van der Waals surface area contributed by atoms with E-state index in [4.69, 9.17) is 9.47 Å². The number of rotatable bonds is 2. The number of fused-ring (bicyclic) bond motifs is 1. The lowest BCUT2D eigenvalue weighted by Gasteiger charge is -2.00. The Balaban J connectivity index is 1.87.